The summed E-state index contributed by atoms with van der Waals surface area (Å²) in [7, 11) is 2.00. The second kappa shape index (κ2) is 6.41. The zero-order chi connectivity index (χ0) is 16.6. The average molecular weight is 307 g/mol. The van der Waals surface area contributed by atoms with E-state index in [4.69, 9.17) is 0 Å². The van der Waals surface area contributed by atoms with E-state index in [1.54, 1.807) is 0 Å². The van der Waals surface area contributed by atoms with Crippen molar-refractivity contribution in [2.45, 2.75) is 52.2 Å². The number of fused-ring (bicyclic) bond motifs is 1. The molecule has 124 valence electrons. The molecule has 22 heavy (non-hydrogen) atoms. The van der Waals surface area contributed by atoms with E-state index in [2.05, 4.69) is 30.6 Å². The zero-order valence-electron chi connectivity index (χ0n) is 14.4. The summed E-state index contributed by atoms with van der Waals surface area (Å²) in [5, 5.41) is 2.94. The lowest BCUT2D eigenvalue weighted by atomic mass is 9.88. The molecule has 5 nitrogen and oxygen atoms in total. The summed E-state index contributed by atoms with van der Waals surface area (Å²) in [5.41, 5.74) is 0.823. The highest BCUT2D eigenvalue weighted by molar-refractivity contribution is 5.94. The van der Waals surface area contributed by atoms with Gasteiger partial charge in [0.1, 0.15) is 6.04 Å². The molecule has 2 aliphatic heterocycles. The maximum atomic E-state index is 13.1. The van der Waals surface area contributed by atoms with Crippen molar-refractivity contribution in [3.63, 3.8) is 0 Å². The maximum absolute atomic E-state index is 13.1. The third-order valence-electron chi connectivity index (χ3n) is 4.79. The number of piperazine rings is 2. The van der Waals surface area contributed by atoms with Gasteiger partial charge in [0.05, 0.1) is 12.1 Å². The Hall–Kier alpha value is -1.36. The van der Waals surface area contributed by atoms with E-state index >= 15 is 0 Å². The molecule has 2 rings (SSSR count). The molecule has 5 heteroatoms. The predicted molar refractivity (Wildman–Crippen MR) is 87.3 cm³/mol. The SMILES string of the molecule is C=C(C(C)C)[C@H]1C(=O)NC[C@@H]2CN(C)[C@@H](CC(C)C)C(=O)N21. The summed E-state index contributed by atoms with van der Waals surface area (Å²) >= 11 is 0. The molecule has 1 N–H and O–H groups in total. The van der Waals surface area contributed by atoms with Crippen LogP contribution in [0, 0.1) is 11.8 Å². The number of likely N-dealkylation sites (N-methyl/N-ethyl adjacent to an activating group) is 1. The van der Waals surface area contributed by atoms with E-state index in [-0.39, 0.29) is 29.8 Å². The van der Waals surface area contributed by atoms with Crippen LogP contribution in [0.15, 0.2) is 12.2 Å². The Morgan fingerprint density at radius 1 is 1.32 bits per heavy atom. The van der Waals surface area contributed by atoms with Crippen LogP contribution >= 0.6 is 0 Å². The van der Waals surface area contributed by atoms with Gasteiger partial charge in [-0.1, -0.05) is 34.3 Å². The van der Waals surface area contributed by atoms with E-state index < -0.39 is 6.04 Å². The number of carbonyl (C=O) groups is 2. The first-order chi connectivity index (χ1) is 10.2. The fourth-order valence-corrected chi connectivity index (χ4v) is 3.42. The molecule has 0 aromatic rings. The molecule has 0 spiro atoms. The highest BCUT2D eigenvalue weighted by Crippen LogP contribution is 2.29. The number of rotatable bonds is 4. The van der Waals surface area contributed by atoms with Gasteiger partial charge in [-0.05, 0) is 30.9 Å². The minimum Gasteiger partial charge on any atom is -0.352 e. The Morgan fingerprint density at radius 2 is 1.95 bits per heavy atom. The molecule has 2 aliphatic rings. The zero-order valence-corrected chi connectivity index (χ0v) is 14.4. The van der Waals surface area contributed by atoms with Gasteiger partial charge < -0.3 is 10.2 Å². The van der Waals surface area contributed by atoms with E-state index in [9.17, 15) is 9.59 Å². The highest BCUT2D eigenvalue weighted by atomic mass is 16.2. The fourth-order valence-electron chi connectivity index (χ4n) is 3.42. The van der Waals surface area contributed by atoms with Gasteiger partial charge in [0, 0.05) is 13.1 Å². The standard InChI is InChI=1S/C17H29N3O2/c1-10(2)7-14-17(22)20-13(9-19(14)6)8-18-16(21)15(20)12(5)11(3)4/h10-11,13-15H,5,7-9H2,1-4,6H3,(H,18,21)/t13-,14+,15+/m1/s1. The first kappa shape index (κ1) is 17.0. The molecule has 2 amide bonds. The van der Waals surface area contributed by atoms with Gasteiger partial charge >= 0.3 is 0 Å². The summed E-state index contributed by atoms with van der Waals surface area (Å²) in [5.74, 6) is 0.606. The van der Waals surface area contributed by atoms with Crippen LogP contribution in [-0.4, -0.2) is 59.9 Å². The molecule has 0 radical (unpaired) electrons. The van der Waals surface area contributed by atoms with Crippen LogP contribution in [0.3, 0.4) is 0 Å². The molecule has 0 saturated carbocycles. The van der Waals surface area contributed by atoms with Crippen molar-refractivity contribution in [3.8, 4) is 0 Å². The largest absolute Gasteiger partial charge is 0.352 e. The molecule has 0 aliphatic carbocycles. The first-order valence-electron chi connectivity index (χ1n) is 8.22. The molecular formula is C17H29N3O2. The Labute approximate surface area is 133 Å². The van der Waals surface area contributed by atoms with Crippen LogP contribution < -0.4 is 5.32 Å². The summed E-state index contributed by atoms with van der Waals surface area (Å²) in [4.78, 5) is 29.4. The van der Waals surface area contributed by atoms with Gasteiger partial charge in [0.25, 0.3) is 0 Å². The molecular weight excluding hydrogens is 278 g/mol. The Balaban J connectivity index is 2.31. The molecule has 2 saturated heterocycles. The normalized spacial score (nSPS) is 29.8. The van der Waals surface area contributed by atoms with Gasteiger partial charge in [0.15, 0.2) is 0 Å². The monoisotopic (exact) mass is 307 g/mol. The lowest BCUT2D eigenvalue weighted by molar-refractivity contribution is -0.156. The number of carbonyl (C=O) groups excluding carboxylic acids is 2. The van der Waals surface area contributed by atoms with Crippen molar-refractivity contribution >= 4 is 11.8 Å². The topological polar surface area (TPSA) is 52.7 Å². The van der Waals surface area contributed by atoms with Crippen LogP contribution in [0.2, 0.25) is 0 Å². The van der Waals surface area contributed by atoms with Crippen molar-refractivity contribution < 1.29 is 9.59 Å². The minimum atomic E-state index is -0.519. The van der Waals surface area contributed by atoms with Gasteiger partial charge in [-0.2, -0.15) is 0 Å². The molecule has 3 atom stereocenters. The smallest absolute Gasteiger partial charge is 0.247 e. The molecule has 2 heterocycles. The van der Waals surface area contributed by atoms with E-state index in [1.165, 1.54) is 0 Å². The highest BCUT2D eigenvalue weighted by Gasteiger charge is 2.47. The number of amides is 2. The predicted octanol–water partition coefficient (Wildman–Crippen LogP) is 1.25. The number of nitrogens with one attached hydrogen (secondary N) is 1. The maximum Gasteiger partial charge on any atom is 0.247 e. The van der Waals surface area contributed by atoms with Crippen molar-refractivity contribution in [3.05, 3.63) is 12.2 Å². The molecule has 0 unspecified atom stereocenters. The van der Waals surface area contributed by atoms with Crippen LogP contribution in [0.25, 0.3) is 0 Å². The van der Waals surface area contributed by atoms with E-state index in [0.717, 1.165) is 18.5 Å². The van der Waals surface area contributed by atoms with Gasteiger partial charge in [0.2, 0.25) is 11.8 Å². The second-order valence-corrected chi connectivity index (χ2v) is 7.36. The summed E-state index contributed by atoms with van der Waals surface area (Å²) in [6.07, 6.45) is 0.820. The van der Waals surface area contributed by atoms with Gasteiger partial charge in [-0.3, -0.25) is 14.5 Å². The number of nitrogens with zero attached hydrogens (tertiary/aromatic N) is 2. The molecule has 0 bridgehead atoms. The van der Waals surface area contributed by atoms with Gasteiger partial charge in [-0.25, -0.2) is 0 Å². The summed E-state index contributed by atoms with van der Waals surface area (Å²) in [6.45, 7) is 13.7. The third kappa shape index (κ3) is 3.05. The Bertz CT molecular complexity index is 473. The Morgan fingerprint density at radius 3 is 2.50 bits per heavy atom. The second-order valence-electron chi connectivity index (χ2n) is 7.36. The number of hydrogen-bond donors (Lipinski definition) is 1. The lowest BCUT2D eigenvalue weighted by Gasteiger charge is -2.50. The summed E-state index contributed by atoms with van der Waals surface area (Å²) in [6, 6.07) is -0.613. The van der Waals surface area contributed by atoms with Crippen molar-refractivity contribution in [1.82, 2.24) is 15.1 Å². The first-order valence-corrected chi connectivity index (χ1v) is 8.22. The van der Waals surface area contributed by atoms with E-state index in [1.807, 2.05) is 25.8 Å². The lowest BCUT2D eigenvalue weighted by Crippen LogP contribution is -2.71. The fraction of sp³-hybridized carbons (Fsp3) is 0.765. The molecule has 0 aromatic carbocycles. The Kier molecular flexibility index (Phi) is 4.95. The van der Waals surface area contributed by atoms with Crippen molar-refractivity contribution in [2.75, 3.05) is 20.1 Å². The van der Waals surface area contributed by atoms with Crippen molar-refractivity contribution in [2.24, 2.45) is 11.8 Å². The minimum absolute atomic E-state index is 0.0408. The number of hydrogen-bond acceptors (Lipinski definition) is 3. The average Bonchev–Trinajstić information content (AvgIpc) is 2.43. The van der Waals surface area contributed by atoms with Crippen LogP contribution in [-0.2, 0) is 9.59 Å². The van der Waals surface area contributed by atoms with Crippen LogP contribution in [0.1, 0.15) is 34.1 Å². The van der Waals surface area contributed by atoms with Gasteiger partial charge in [-0.15, -0.1) is 0 Å². The molecule has 2 fully saturated rings. The molecule has 0 aromatic heterocycles. The van der Waals surface area contributed by atoms with E-state index in [0.29, 0.717) is 12.5 Å². The third-order valence-corrected chi connectivity index (χ3v) is 4.79. The van der Waals surface area contributed by atoms with Crippen LogP contribution in [0.4, 0.5) is 0 Å². The van der Waals surface area contributed by atoms with Crippen LogP contribution in [0.5, 0.6) is 0 Å². The summed E-state index contributed by atoms with van der Waals surface area (Å²) < 4.78 is 0. The van der Waals surface area contributed by atoms with Crippen molar-refractivity contribution in [1.29, 1.82) is 0 Å². The quantitative estimate of drug-likeness (QED) is 0.796.